The van der Waals surface area contributed by atoms with Gasteiger partial charge in [-0.05, 0) is 38.3 Å². The van der Waals surface area contributed by atoms with Gasteiger partial charge in [-0.1, -0.05) is 29.4 Å². The number of rotatable bonds is 5. The number of nitrogens with two attached hydrogens (primary N) is 1. The third-order valence-electron chi connectivity index (χ3n) is 3.82. The molecule has 1 aliphatic rings. The maximum absolute atomic E-state index is 8.80. The van der Waals surface area contributed by atoms with Crippen molar-refractivity contribution in [1.29, 1.82) is 0 Å². The molecule has 0 aromatic heterocycles. The molecule has 1 fully saturated rings. The summed E-state index contributed by atoms with van der Waals surface area (Å²) in [6.07, 6.45) is 2.68. The molecular formula is C14H21N3O. The number of nitrogens with zero attached hydrogens (tertiary/aromatic N) is 2. The van der Waals surface area contributed by atoms with Crippen molar-refractivity contribution < 1.29 is 5.21 Å². The fourth-order valence-electron chi connectivity index (χ4n) is 2.31. The second-order valence-electron chi connectivity index (χ2n) is 5.14. The minimum absolute atomic E-state index is 0.179. The second kappa shape index (κ2) is 5.40. The van der Waals surface area contributed by atoms with Crippen LogP contribution in [-0.4, -0.2) is 29.0 Å². The van der Waals surface area contributed by atoms with E-state index in [9.17, 15) is 0 Å². The summed E-state index contributed by atoms with van der Waals surface area (Å²) in [6.45, 7) is 3.09. The Labute approximate surface area is 108 Å². The Bertz CT molecular complexity index is 440. The van der Waals surface area contributed by atoms with E-state index in [2.05, 4.69) is 24.0 Å². The summed E-state index contributed by atoms with van der Waals surface area (Å²) in [4.78, 5) is 2.33. The first-order valence-electron chi connectivity index (χ1n) is 6.39. The van der Waals surface area contributed by atoms with Gasteiger partial charge in [0.1, 0.15) is 0 Å². The fraction of sp³-hybridized carbons (Fsp3) is 0.500. The molecule has 0 spiro atoms. The van der Waals surface area contributed by atoms with E-state index in [-0.39, 0.29) is 5.84 Å². The Kier molecular flexibility index (Phi) is 3.87. The van der Waals surface area contributed by atoms with Crippen molar-refractivity contribution in [3.8, 4) is 0 Å². The summed E-state index contributed by atoms with van der Waals surface area (Å²) in [5.41, 5.74) is 7.62. The van der Waals surface area contributed by atoms with Crippen LogP contribution in [-0.2, 0) is 6.54 Å². The molecule has 1 saturated carbocycles. The molecule has 0 radical (unpaired) electrons. The molecule has 0 saturated heterocycles. The molecule has 18 heavy (non-hydrogen) atoms. The van der Waals surface area contributed by atoms with Crippen molar-refractivity contribution in [2.75, 3.05) is 7.05 Å². The summed E-state index contributed by atoms with van der Waals surface area (Å²) in [6, 6.07) is 8.40. The van der Waals surface area contributed by atoms with Crippen LogP contribution in [0.15, 0.2) is 29.4 Å². The highest BCUT2D eigenvalue weighted by molar-refractivity contribution is 5.98. The van der Waals surface area contributed by atoms with Gasteiger partial charge in [0.05, 0.1) is 0 Å². The Balaban J connectivity index is 2.12. The molecule has 0 heterocycles. The number of benzene rings is 1. The highest BCUT2D eigenvalue weighted by atomic mass is 16.4. The number of oxime groups is 1. The topological polar surface area (TPSA) is 61.8 Å². The van der Waals surface area contributed by atoms with E-state index in [0.717, 1.165) is 23.6 Å². The van der Waals surface area contributed by atoms with Gasteiger partial charge in [0.25, 0.3) is 0 Å². The summed E-state index contributed by atoms with van der Waals surface area (Å²) in [5.74, 6) is 1.02. The zero-order valence-corrected chi connectivity index (χ0v) is 11.0. The monoisotopic (exact) mass is 247 g/mol. The van der Waals surface area contributed by atoms with Crippen LogP contribution in [0, 0.1) is 5.92 Å². The predicted octanol–water partition coefficient (Wildman–Crippen LogP) is 2.01. The molecule has 2 rings (SSSR count). The molecular weight excluding hydrogens is 226 g/mol. The van der Waals surface area contributed by atoms with E-state index >= 15 is 0 Å². The van der Waals surface area contributed by atoms with Crippen LogP contribution in [0.3, 0.4) is 0 Å². The first-order valence-corrected chi connectivity index (χ1v) is 6.39. The van der Waals surface area contributed by atoms with Gasteiger partial charge >= 0.3 is 0 Å². The van der Waals surface area contributed by atoms with Crippen LogP contribution >= 0.6 is 0 Å². The SMILES string of the molecule is CC(C1CC1)N(C)Cc1ccccc1/C(N)=N/O. The predicted molar refractivity (Wildman–Crippen MR) is 72.6 cm³/mol. The molecule has 3 N–H and O–H groups in total. The Hall–Kier alpha value is -1.55. The van der Waals surface area contributed by atoms with Gasteiger partial charge in [-0.3, -0.25) is 4.90 Å². The molecule has 0 bridgehead atoms. The van der Waals surface area contributed by atoms with Crippen molar-refractivity contribution in [2.45, 2.75) is 32.4 Å². The zero-order valence-electron chi connectivity index (χ0n) is 11.0. The lowest BCUT2D eigenvalue weighted by Gasteiger charge is -2.25. The van der Waals surface area contributed by atoms with E-state index in [1.165, 1.54) is 12.8 Å². The third-order valence-corrected chi connectivity index (χ3v) is 3.82. The van der Waals surface area contributed by atoms with Crippen LogP contribution in [0.25, 0.3) is 0 Å². The second-order valence-corrected chi connectivity index (χ2v) is 5.14. The minimum Gasteiger partial charge on any atom is -0.409 e. The summed E-state index contributed by atoms with van der Waals surface area (Å²) in [7, 11) is 2.13. The molecule has 0 amide bonds. The molecule has 0 aliphatic heterocycles. The average Bonchev–Trinajstić information content (AvgIpc) is 3.22. The van der Waals surface area contributed by atoms with Crippen LogP contribution in [0.4, 0.5) is 0 Å². The normalized spacial score (nSPS) is 18.1. The van der Waals surface area contributed by atoms with Gasteiger partial charge in [-0.15, -0.1) is 0 Å². The Morgan fingerprint density at radius 3 is 2.78 bits per heavy atom. The van der Waals surface area contributed by atoms with Gasteiger partial charge in [0.15, 0.2) is 5.84 Å². The summed E-state index contributed by atoms with van der Waals surface area (Å²) >= 11 is 0. The van der Waals surface area contributed by atoms with E-state index in [1.54, 1.807) is 0 Å². The van der Waals surface area contributed by atoms with E-state index in [1.807, 2.05) is 24.3 Å². The highest BCUT2D eigenvalue weighted by Gasteiger charge is 2.30. The molecule has 98 valence electrons. The van der Waals surface area contributed by atoms with Crippen LogP contribution in [0.2, 0.25) is 0 Å². The molecule has 1 unspecified atom stereocenters. The minimum atomic E-state index is 0.179. The van der Waals surface area contributed by atoms with Crippen LogP contribution in [0.1, 0.15) is 30.9 Å². The fourth-order valence-corrected chi connectivity index (χ4v) is 2.31. The molecule has 1 aromatic rings. The van der Waals surface area contributed by atoms with Crippen molar-refractivity contribution in [3.05, 3.63) is 35.4 Å². The van der Waals surface area contributed by atoms with Crippen molar-refractivity contribution >= 4 is 5.84 Å². The number of hydrogen-bond donors (Lipinski definition) is 2. The Morgan fingerprint density at radius 1 is 1.50 bits per heavy atom. The third kappa shape index (κ3) is 2.82. The first kappa shape index (κ1) is 12.9. The summed E-state index contributed by atoms with van der Waals surface area (Å²) in [5, 5.41) is 11.9. The van der Waals surface area contributed by atoms with Gasteiger partial charge in [-0.2, -0.15) is 0 Å². The van der Waals surface area contributed by atoms with E-state index in [4.69, 9.17) is 10.9 Å². The van der Waals surface area contributed by atoms with Gasteiger partial charge in [0, 0.05) is 18.2 Å². The first-order chi connectivity index (χ1) is 8.63. The van der Waals surface area contributed by atoms with Gasteiger partial charge < -0.3 is 10.9 Å². The maximum atomic E-state index is 8.80. The number of amidine groups is 1. The lowest BCUT2D eigenvalue weighted by atomic mass is 10.1. The lowest BCUT2D eigenvalue weighted by Crippen LogP contribution is -2.31. The van der Waals surface area contributed by atoms with Crippen LogP contribution in [0.5, 0.6) is 0 Å². The molecule has 4 heteroatoms. The Morgan fingerprint density at radius 2 is 2.17 bits per heavy atom. The molecule has 1 atom stereocenters. The van der Waals surface area contributed by atoms with Crippen LogP contribution < -0.4 is 5.73 Å². The largest absolute Gasteiger partial charge is 0.409 e. The maximum Gasteiger partial charge on any atom is 0.170 e. The smallest absolute Gasteiger partial charge is 0.170 e. The zero-order chi connectivity index (χ0) is 13.1. The van der Waals surface area contributed by atoms with Crippen molar-refractivity contribution in [2.24, 2.45) is 16.8 Å². The quantitative estimate of drug-likeness (QED) is 0.362. The van der Waals surface area contributed by atoms with Gasteiger partial charge in [0.2, 0.25) is 0 Å². The standard InChI is InChI=1S/C14H21N3O/c1-10(11-7-8-11)17(2)9-12-5-3-4-6-13(12)14(15)16-18/h3-6,10-11,18H,7-9H2,1-2H3,(H2,15,16). The summed E-state index contributed by atoms with van der Waals surface area (Å²) < 4.78 is 0. The van der Waals surface area contributed by atoms with E-state index in [0.29, 0.717) is 6.04 Å². The molecule has 1 aromatic carbocycles. The van der Waals surface area contributed by atoms with Gasteiger partial charge in [-0.25, -0.2) is 0 Å². The van der Waals surface area contributed by atoms with E-state index < -0.39 is 0 Å². The average molecular weight is 247 g/mol. The van der Waals surface area contributed by atoms with Crippen molar-refractivity contribution in [1.82, 2.24) is 4.90 Å². The molecule has 1 aliphatic carbocycles. The number of hydrogen-bond acceptors (Lipinski definition) is 3. The highest BCUT2D eigenvalue weighted by Crippen LogP contribution is 2.35. The van der Waals surface area contributed by atoms with Crippen molar-refractivity contribution in [3.63, 3.8) is 0 Å². The lowest BCUT2D eigenvalue weighted by molar-refractivity contribution is 0.226. The molecule has 4 nitrogen and oxygen atoms in total.